The number of fused-ring (bicyclic) bond motifs is 1. The van der Waals surface area contributed by atoms with Gasteiger partial charge in [-0.3, -0.25) is 9.69 Å². The van der Waals surface area contributed by atoms with Gasteiger partial charge in [0.15, 0.2) is 0 Å². The van der Waals surface area contributed by atoms with Crippen LogP contribution < -0.4 is 15.0 Å². The molecule has 0 aliphatic carbocycles. The van der Waals surface area contributed by atoms with Crippen molar-refractivity contribution < 1.29 is 9.53 Å². The highest BCUT2D eigenvalue weighted by Gasteiger charge is 2.31. The molecule has 1 aromatic rings. The van der Waals surface area contributed by atoms with E-state index in [1.54, 1.807) is 7.11 Å². The summed E-state index contributed by atoms with van der Waals surface area (Å²) in [6, 6.07) is 4.00. The Kier molecular flexibility index (Phi) is 6.49. The molecule has 1 aliphatic rings. The molecule has 1 aliphatic heterocycles. The first-order valence-corrected chi connectivity index (χ1v) is 9.01. The molecule has 134 valence electrons. The van der Waals surface area contributed by atoms with Crippen LogP contribution in [-0.2, 0) is 11.2 Å². The predicted molar refractivity (Wildman–Crippen MR) is 100 cm³/mol. The molecular formula is C19H31N3O2. The minimum atomic E-state index is -0.0870. The van der Waals surface area contributed by atoms with Gasteiger partial charge in [-0.2, -0.15) is 0 Å². The van der Waals surface area contributed by atoms with Crippen molar-refractivity contribution in [2.75, 3.05) is 44.0 Å². The van der Waals surface area contributed by atoms with E-state index in [2.05, 4.69) is 30.1 Å². The molecule has 0 bridgehead atoms. The quantitative estimate of drug-likeness (QED) is 0.794. The van der Waals surface area contributed by atoms with Crippen LogP contribution in [-0.4, -0.2) is 50.6 Å². The number of benzene rings is 1. The molecule has 1 amide bonds. The number of carbonyl (C=O) groups excluding carboxylic acids is 1. The Labute approximate surface area is 146 Å². The zero-order valence-corrected chi connectivity index (χ0v) is 15.7. The Morgan fingerprint density at radius 2 is 2.00 bits per heavy atom. The molecule has 1 aromatic carbocycles. The molecule has 0 saturated carbocycles. The second-order valence-electron chi connectivity index (χ2n) is 6.38. The fourth-order valence-corrected chi connectivity index (χ4v) is 3.46. The fourth-order valence-electron chi connectivity index (χ4n) is 3.46. The molecule has 0 saturated heterocycles. The van der Waals surface area contributed by atoms with Gasteiger partial charge in [-0.05, 0) is 57.0 Å². The SMILES string of the molecule is CCCN(CCC)[C@@H](C)C(=O)N1CCc2cc(OC)c(NC)cc21. The molecule has 24 heavy (non-hydrogen) atoms. The van der Waals surface area contributed by atoms with Crippen LogP contribution in [0.5, 0.6) is 5.75 Å². The second-order valence-corrected chi connectivity index (χ2v) is 6.38. The van der Waals surface area contributed by atoms with Crippen LogP contribution in [0.1, 0.15) is 39.2 Å². The van der Waals surface area contributed by atoms with Crippen molar-refractivity contribution in [2.45, 2.75) is 46.1 Å². The smallest absolute Gasteiger partial charge is 0.244 e. The minimum Gasteiger partial charge on any atom is -0.495 e. The molecular weight excluding hydrogens is 302 g/mol. The number of rotatable bonds is 8. The van der Waals surface area contributed by atoms with E-state index >= 15 is 0 Å². The maximum atomic E-state index is 13.1. The minimum absolute atomic E-state index is 0.0870. The van der Waals surface area contributed by atoms with Gasteiger partial charge in [0, 0.05) is 19.3 Å². The van der Waals surface area contributed by atoms with Crippen LogP contribution in [0, 0.1) is 0 Å². The summed E-state index contributed by atoms with van der Waals surface area (Å²) in [6.07, 6.45) is 3.01. The van der Waals surface area contributed by atoms with E-state index in [0.29, 0.717) is 0 Å². The number of ether oxygens (including phenoxy) is 1. The Morgan fingerprint density at radius 1 is 1.33 bits per heavy atom. The molecule has 0 spiro atoms. The van der Waals surface area contributed by atoms with Gasteiger partial charge in [0.05, 0.1) is 18.8 Å². The highest BCUT2D eigenvalue weighted by Crippen LogP contribution is 2.37. The Hall–Kier alpha value is -1.75. The lowest BCUT2D eigenvalue weighted by Gasteiger charge is -2.31. The highest BCUT2D eigenvalue weighted by atomic mass is 16.5. The van der Waals surface area contributed by atoms with E-state index in [1.807, 2.05) is 24.9 Å². The molecule has 0 fully saturated rings. The van der Waals surface area contributed by atoms with Crippen molar-refractivity contribution in [1.82, 2.24) is 4.90 Å². The maximum Gasteiger partial charge on any atom is 0.244 e. The van der Waals surface area contributed by atoms with Crippen LogP contribution in [0.4, 0.5) is 11.4 Å². The van der Waals surface area contributed by atoms with Crippen molar-refractivity contribution in [3.63, 3.8) is 0 Å². The first-order chi connectivity index (χ1) is 11.6. The molecule has 1 heterocycles. The van der Waals surface area contributed by atoms with Crippen LogP contribution in [0.25, 0.3) is 0 Å². The molecule has 5 nitrogen and oxygen atoms in total. The van der Waals surface area contributed by atoms with Gasteiger partial charge in [-0.1, -0.05) is 13.8 Å². The number of methoxy groups -OCH3 is 1. The zero-order valence-electron chi connectivity index (χ0n) is 15.7. The third kappa shape index (κ3) is 3.66. The molecule has 0 unspecified atom stereocenters. The number of hydrogen-bond acceptors (Lipinski definition) is 4. The summed E-state index contributed by atoms with van der Waals surface area (Å²) in [7, 11) is 3.55. The lowest BCUT2D eigenvalue weighted by Crippen LogP contribution is -2.47. The molecule has 5 heteroatoms. The third-order valence-electron chi connectivity index (χ3n) is 4.76. The van der Waals surface area contributed by atoms with Crippen LogP contribution in [0.15, 0.2) is 12.1 Å². The van der Waals surface area contributed by atoms with Crippen LogP contribution in [0.2, 0.25) is 0 Å². The lowest BCUT2D eigenvalue weighted by atomic mass is 10.1. The van der Waals surface area contributed by atoms with E-state index in [9.17, 15) is 4.79 Å². The monoisotopic (exact) mass is 333 g/mol. The first kappa shape index (κ1) is 18.6. The predicted octanol–water partition coefficient (Wildman–Crippen LogP) is 3.14. The summed E-state index contributed by atoms with van der Waals surface area (Å²) >= 11 is 0. The summed E-state index contributed by atoms with van der Waals surface area (Å²) in [5.41, 5.74) is 3.12. The van der Waals surface area contributed by atoms with E-state index in [0.717, 1.165) is 56.0 Å². The summed E-state index contributed by atoms with van der Waals surface area (Å²) in [5, 5.41) is 3.15. The highest BCUT2D eigenvalue weighted by molar-refractivity contribution is 5.99. The van der Waals surface area contributed by atoms with E-state index in [-0.39, 0.29) is 11.9 Å². The third-order valence-corrected chi connectivity index (χ3v) is 4.76. The molecule has 1 atom stereocenters. The van der Waals surface area contributed by atoms with Gasteiger partial charge in [0.1, 0.15) is 5.75 Å². The van der Waals surface area contributed by atoms with Gasteiger partial charge in [0.2, 0.25) is 5.91 Å². The number of hydrogen-bond donors (Lipinski definition) is 1. The Bertz CT molecular complexity index is 568. The molecule has 1 N–H and O–H groups in total. The number of nitrogens with zero attached hydrogens (tertiary/aromatic N) is 2. The van der Waals surface area contributed by atoms with E-state index in [4.69, 9.17) is 4.74 Å². The first-order valence-electron chi connectivity index (χ1n) is 9.01. The maximum absolute atomic E-state index is 13.1. The summed E-state index contributed by atoms with van der Waals surface area (Å²) in [6.45, 7) is 9.04. The van der Waals surface area contributed by atoms with Crippen LogP contribution >= 0.6 is 0 Å². The average Bonchev–Trinajstić information content (AvgIpc) is 3.01. The van der Waals surface area contributed by atoms with Gasteiger partial charge >= 0.3 is 0 Å². The van der Waals surface area contributed by atoms with Gasteiger partial charge < -0.3 is 15.0 Å². The second kappa shape index (κ2) is 8.38. The van der Waals surface area contributed by atoms with E-state index < -0.39 is 0 Å². The standard InChI is InChI=1S/C19H31N3O2/c1-6-9-21(10-7-2)14(3)19(23)22-11-8-15-12-18(24-5)16(20-4)13-17(15)22/h12-14,20H,6-11H2,1-5H3/t14-/m0/s1. The Balaban J connectivity index is 2.24. The summed E-state index contributed by atoms with van der Waals surface area (Å²) in [5.74, 6) is 1.03. The normalized spacial score (nSPS) is 14.7. The van der Waals surface area contributed by atoms with E-state index in [1.165, 1.54) is 5.56 Å². The number of carbonyl (C=O) groups is 1. The van der Waals surface area contributed by atoms with Crippen molar-refractivity contribution in [3.05, 3.63) is 17.7 Å². The topological polar surface area (TPSA) is 44.8 Å². The lowest BCUT2D eigenvalue weighted by molar-refractivity contribution is -0.123. The summed E-state index contributed by atoms with van der Waals surface area (Å²) < 4.78 is 5.43. The van der Waals surface area contributed by atoms with Gasteiger partial charge in [-0.25, -0.2) is 0 Å². The van der Waals surface area contributed by atoms with Crippen molar-refractivity contribution in [1.29, 1.82) is 0 Å². The number of anilines is 2. The van der Waals surface area contributed by atoms with Gasteiger partial charge in [-0.15, -0.1) is 0 Å². The fraction of sp³-hybridized carbons (Fsp3) is 0.632. The number of nitrogens with one attached hydrogen (secondary N) is 1. The van der Waals surface area contributed by atoms with Crippen molar-refractivity contribution in [2.24, 2.45) is 0 Å². The largest absolute Gasteiger partial charge is 0.495 e. The molecule has 2 rings (SSSR count). The zero-order chi connectivity index (χ0) is 17.7. The number of amides is 1. The Morgan fingerprint density at radius 3 is 2.54 bits per heavy atom. The van der Waals surface area contributed by atoms with Crippen molar-refractivity contribution >= 4 is 17.3 Å². The molecule has 0 radical (unpaired) electrons. The molecule has 0 aromatic heterocycles. The van der Waals surface area contributed by atoms with Crippen LogP contribution in [0.3, 0.4) is 0 Å². The summed E-state index contributed by atoms with van der Waals surface area (Å²) in [4.78, 5) is 17.3. The average molecular weight is 333 g/mol. The van der Waals surface area contributed by atoms with Gasteiger partial charge in [0.25, 0.3) is 0 Å². The van der Waals surface area contributed by atoms with Crippen molar-refractivity contribution in [3.8, 4) is 5.75 Å².